The zero-order valence-electron chi connectivity index (χ0n) is 14.9. The normalized spacial score (nSPS) is 12.6. The summed E-state index contributed by atoms with van der Waals surface area (Å²) in [7, 11) is -3.68. The molecule has 1 unspecified atom stereocenters. The maximum atomic E-state index is 12.2. The van der Waals surface area contributed by atoms with Crippen LogP contribution in [0.25, 0.3) is 0 Å². The SMILES string of the molecule is O=[N+]([O-])c1ccc(S(=O)(=O)NCCCCOC(CBr)c2ccc(Br)cc2)cc1. The average Bonchev–Trinajstić information content (AvgIpc) is 2.68. The highest BCUT2D eigenvalue weighted by Crippen LogP contribution is 2.22. The Kier molecular flexibility index (Phi) is 9.03. The average molecular weight is 536 g/mol. The quantitative estimate of drug-likeness (QED) is 0.197. The van der Waals surface area contributed by atoms with Crippen LogP contribution in [0.1, 0.15) is 24.5 Å². The van der Waals surface area contributed by atoms with Gasteiger partial charge in [0.25, 0.3) is 5.69 Å². The Bertz CT molecular complexity index is 874. The Morgan fingerprint density at radius 2 is 1.71 bits per heavy atom. The molecule has 1 atom stereocenters. The number of hydrogen-bond donors (Lipinski definition) is 1. The Morgan fingerprint density at radius 1 is 1.07 bits per heavy atom. The molecule has 0 bridgehead atoms. The summed E-state index contributed by atoms with van der Waals surface area (Å²) < 4.78 is 33.7. The molecule has 10 heteroatoms. The van der Waals surface area contributed by atoms with E-state index in [9.17, 15) is 18.5 Å². The Hall–Kier alpha value is -1.33. The summed E-state index contributed by atoms with van der Waals surface area (Å²) in [6.07, 6.45) is 1.24. The van der Waals surface area contributed by atoms with E-state index in [2.05, 4.69) is 36.6 Å². The summed E-state index contributed by atoms with van der Waals surface area (Å²) in [4.78, 5) is 10.1. The molecule has 0 radical (unpaired) electrons. The van der Waals surface area contributed by atoms with Gasteiger partial charge >= 0.3 is 0 Å². The maximum absolute atomic E-state index is 12.2. The third kappa shape index (κ3) is 6.93. The molecule has 28 heavy (non-hydrogen) atoms. The summed E-state index contributed by atoms with van der Waals surface area (Å²) in [6, 6.07) is 12.7. The molecule has 0 aromatic heterocycles. The van der Waals surface area contributed by atoms with Crippen molar-refractivity contribution < 1.29 is 18.1 Å². The van der Waals surface area contributed by atoms with Crippen LogP contribution in [-0.4, -0.2) is 31.8 Å². The van der Waals surface area contributed by atoms with E-state index in [0.29, 0.717) is 24.8 Å². The first-order valence-corrected chi connectivity index (χ1v) is 11.9. The fraction of sp³-hybridized carbons (Fsp3) is 0.333. The number of ether oxygens (including phenoxy) is 1. The Morgan fingerprint density at radius 3 is 2.29 bits per heavy atom. The molecule has 152 valence electrons. The van der Waals surface area contributed by atoms with E-state index in [-0.39, 0.29) is 23.2 Å². The van der Waals surface area contributed by atoms with Crippen molar-refractivity contribution >= 4 is 47.6 Å². The minimum Gasteiger partial charge on any atom is -0.373 e. The molecule has 0 saturated heterocycles. The van der Waals surface area contributed by atoms with Crippen LogP contribution in [0.2, 0.25) is 0 Å². The van der Waals surface area contributed by atoms with E-state index in [1.165, 1.54) is 24.3 Å². The van der Waals surface area contributed by atoms with Gasteiger partial charge in [-0.25, -0.2) is 13.1 Å². The second-order valence-electron chi connectivity index (χ2n) is 5.92. The minimum atomic E-state index is -3.68. The highest BCUT2D eigenvalue weighted by atomic mass is 79.9. The van der Waals surface area contributed by atoms with Crippen LogP contribution in [-0.2, 0) is 14.8 Å². The monoisotopic (exact) mass is 534 g/mol. The van der Waals surface area contributed by atoms with Crippen LogP contribution in [0.5, 0.6) is 0 Å². The standard InChI is InChI=1S/C18H20Br2N2O5S/c19-13-18(14-3-5-15(20)6-4-14)27-12-2-1-11-21-28(25,26)17-9-7-16(8-10-17)22(23)24/h3-10,18,21H,1-2,11-13H2. The van der Waals surface area contributed by atoms with Crippen molar-refractivity contribution in [1.82, 2.24) is 4.72 Å². The molecule has 0 amide bonds. The van der Waals surface area contributed by atoms with Gasteiger partial charge in [0.1, 0.15) is 0 Å². The van der Waals surface area contributed by atoms with Gasteiger partial charge in [-0.1, -0.05) is 44.0 Å². The first-order valence-electron chi connectivity index (χ1n) is 8.50. The molecular formula is C18H20Br2N2O5S. The number of nitrogens with zero attached hydrogens (tertiary/aromatic N) is 1. The van der Waals surface area contributed by atoms with Crippen LogP contribution < -0.4 is 4.72 Å². The molecule has 1 N–H and O–H groups in total. The molecule has 0 heterocycles. The summed E-state index contributed by atoms with van der Waals surface area (Å²) >= 11 is 6.85. The molecule has 0 spiro atoms. The second kappa shape index (κ2) is 11.0. The number of sulfonamides is 1. The smallest absolute Gasteiger partial charge is 0.269 e. The Balaban J connectivity index is 1.74. The highest BCUT2D eigenvalue weighted by molar-refractivity contribution is 9.10. The lowest BCUT2D eigenvalue weighted by molar-refractivity contribution is -0.384. The summed E-state index contributed by atoms with van der Waals surface area (Å²) in [5.74, 6) is 0. The van der Waals surface area contributed by atoms with Gasteiger partial charge in [0.05, 0.1) is 15.9 Å². The van der Waals surface area contributed by atoms with Gasteiger partial charge in [0.15, 0.2) is 0 Å². The largest absolute Gasteiger partial charge is 0.373 e. The minimum absolute atomic E-state index is 0.00365. The topological polar surface area (TPSA) is 98.5 Å². The van der Waals surface area contributed by atoms with E-state index >= 15 is 0 Å². The van der Waals surface area contributed by atoms with Crippen LogP contribution in [0.4, 0.5) is 5.69 Å². The number of rotatable bonds is 11. The van der Waals surface area contributed by atoms with Gasteiger partial charge in [-0.05, 0) is 42.7 Å². The van der Waals surface area contributed by atoms with Gasteiger partial charge in [0.2, 0.25) is 10.0 Å². The lowest BCUT2D eigenvalue weighted by Crippen LogP contribution is -2.25. The zero-order valence-corrected chi connectivity index (χ0v) is 18.9. The molecule has 2 rings (SSSR count). The lowest BCUT2D eigenvalue weighted by atomic mass is 10.1. The third-order valence-electron chi connectivity index (χ3n) is 3.92. The number of alkyl halides is 1. The molecule has 0 fully saturated rings. The number of nitro benzene ring substituents is 1. The number of unbranched alkanes of at least 4 members (excludes halogenated alkanes) is 1. The predicted molar refractivity (Wildman–Crippen MR) is 114 cm³/mol. The van der Waals surface area contributed by atoms with Crippen LogP contribution in [0.3, 0.4) is 0 Å². The number of hydrogen-bond acceptors (Lipinski definition) is 5. The number of halogens is 2. The van der Waals surface area contributed by atoms with Crippen molar-refractivity contribution in [3.8, 4) is 0 Å². The van der Waals surface area contributed by atoms with Gasteiger partial charge in [-0.15, -0.1) is 0 Å². The molecule has 2 aromatic carbocycles. The van der Waals surface area contributed by atoms with Crippen molar-refractivity contribution in [2.75, 3.05) is 18.5 Å². The maximum Gasteiger partial charge on any atom is 0.269 e. The van der Waals surface area contributed by atoms with E-state index in [0.717, 1.165) is 10.0 Å². The van der Waals surface area contributed by atoms with Gasteiger partial charge in [-0.2, -0.15) is 0 Å². The van der Waals surface area contributed by atoms with Gasteiger partial charge < -0.3 is 4.74 Å². The van der Waals surface area contributed by atoms with Crippen molar-refractivity contribution in [3.05, 3.63) is 68.7 Å². The van der Waals surface area contributed by atoms with E-state index in [4.69, 9.17) is 4.74 Å². The number of benzene rings is 2. The first-order chi connectivity index (χ1) is 13.3. The third-order valence-corrected chi connectivity index (χ3v) is 6.52. The molecule has 0 aliphatic heterocycles. The molecule has 7 nitrogen and oxygen atoms in total. The predicted octanol–water partition coefficient (Wildman–Crippen LogP) is 4.57. The summed E-state index contributed by atoms with van der Waals surface area (Å²) in [6.45, 7) is 0.769. The number of nitro groups is 1. The highest BCUT2D eigenvalue weighted by Gasteiger charge is 2.15. The zero-order chi connectivity index (χ0) is 20.6. The number of non-ortho nitro benzene ring substituents is 1. The molecule has 0 aliphatic carbocycles. The van der Waals surface area contributed by atoms with Crippen LogP contribution >= 0.6 is 31.9 Å². The Labute approximate surface area is 180 Å². The van der Waals surface area contributed by atoms with E-state index in [1.54, 1.807) is 0 Å². The van der Waals surface area contributed by atoms with Crippen molar-refractivity contribution in [2.24, 2.45) is 0 Å². The lowest BCUT2D eigenvalue weighted by Gasteiger charge is -2.16. The van der Waals surface area contributed by atoms with E-state index in [1.807, 2.05) is 24.3 Å². The van der Waals surface area contributed by atoms with Crippen molar-refractivity contribution in [1.29, 1.82) is 0 Å². The molecule has 0 saturated carbocycles. The van der Waals surface area contributed by atoms with Crippen molar-refractivity contribution in [2.45, 2.75) is 23.8 Å². The molecular weight excluding hydrogens is 516 g/mol. The van der Waals surface area contributed by atoms with Crippen molar-refractivity contribution in [3.63, 3.8) is 0 Å². The second-order valence-corrected chi connectivity index (χ2v) is 9.25. The van der Waals surface area contributed by atoms with Gasteiger partial charge in [-0.3, -0.25) is 10.1 Å². The van der Waals surface area contributed by atoms with Crippen LogP contribution in [0.15, 0.2) is 57.9 Å². The van der Waals surface area contributed by atoms with E-state index < -0.39 is 14.9 Å². The van der Waals surface area contributed by atoms with Crippen LogP contribution in [0, 0.1) is 10.1 Å². The molecule has 2 aromatic rings. The fourth-order valence-corrected chi connectivity index (χ4v) is 4.30. The fourth-order valence-electron chi connectivity index (χ4n) is 2.40. The van der Waals surface area contributed by atoms with Gasteiger partial charge in [0, 0.05) is 35.1 Å². The molecule has 0 aliphatic rings. The summed E-state index contributed by atoms with van der Waals surface area (Å²) in [5, 5.41) is 11.3. The summed E-state index contributed by atoms with van der Waals surface area (Å²) in [5.41, 5.74) is 0.919. The first kappa shape index (κ1) is 23.0. The number of nitrogens with one attached hydrogen (secondary N) is 1.